The summed E-state index contributed by atoms with van der Waals surface area (Å²) in [5.41, 5.74) is 5.82. The summed E-state index contributed by atoms with van der Waals surface area (Å²) in [4.78, 5) is 8.77. The average Bonchev–Trinajstić information content (AvgIpc) is 2.29. The van der Waals surface area contributed by atoms with Gasteiger partial charge in [-0.1, -0.05) is 40.5 Å². The number of nitrogens with two attached hydrogens (primary N) is 1. The van der Waals surface area contributed by atoms with Crippen LogP contribution in [0.3, 0.4) is 0 Å². The third-order valence-corrected chi connectivity index (χ3v) is 3.41. The summed E-state index contributed by atoms with van der Waals surface area (Å²) in [6.45, 7) is 10.8. The maximum absolute atomic E-state index is 5.82. The Morgan fingerprint density at radius 2 is 1.78 bits per heavy atom. The smallest absolute Gasteiger partial charge is 0.135 e. The zero-order chi connectivity index (χ0) is 13.7. The Balaban J connectivity index is 2.83. The van der Waals surface area contributed by atoms with Crippen LogP contribution in [0.25, 0.3) is 0 Å². The Labute approximate surface area is 110 Å². The van der Waals surface area contributed by atoms with Crippen molar-refractivity contribution in [1.82, 2.24) is 9.97 Å². The van der Waals surface area contributed by atoms with E-state index in [2.05, 4.69) is 49.9 Å². The molecule has 1 unspecified atom stereocenters. The zero-order valence-corrected chi connectivity index (χ0v) is 12.2. The Morgan fingerprint density at radius 1 is 1.17 bits per heavy atom. The lowest BCUT2D eigenvalue weighted by Crippen LogP contribution is -2.26. The normalized spacial score (nSPS) is 13.1. The van der Waals surface area contributed by atoms with E-state index >= 15 is 0 Å². The highest BCUT2D eigenvalue weighted by Gasteiger charge is 2.15. The molecule has 18 heavy (non-hydrogen) atoms. The molecule has 0 spiro atoms. The highest BCUT2D eigenvalue weighted by molar-refractivity contribution is 5.45. The van der Waals surface area contributed by atoms with Gasteiger partial charge in [0, 0.05) is 18.0 Å². The van der Waals surface area contributed by atoms with Crippen LogP contribution in [-0.2, 0) is 0 Å². The van der Waals surface area contributed by atoms with Gasteiger partial charge in [-0.15, -0.1) is 0 Å². The molecule has 0 saturated carbocycles. The summed E-state index contributed by atoms with van der Waals surface area (Å²) in [7, 11) is 0. The van der Waals surface area contributed by atoms with Crippen molar-refractivity contribution in [1.29, 1.82) is 0 Å². The van der Waals surface area contributed by atoms with Crippen molar-refractivity contribution >= 4 is 11.6 Å². The van der Waals surface area contributed by atoms with Gasteiger partial charge in [0.2, 0.25) is 0 Å². The maximum atomic E-state index is 5.82. The van der Waals surface area contributed by atoms with Crippen molar-refractivity contribution in [3.8, 4) is 0 Å². The van der Waals surface area contributed by atoms with Crippen LogP contribution in [0.5, 0.6) is 0 Å². The predicted molar refractivity (Wildman–Crippen MR) is 77.7 cm³/mol. The van der Waals surface area contributed by atoms with E-state index in [1.54, 1.807) is 0 Å². The number of nitrogens with one attached hydrogen (secondary N) is 1. The molecule has 1 aromatic heterocycles. The minimum Gasteiger partial charge on any atom is -0.384 e. The standard InChI is InChI=1S/C14H26N4/c1-6-11(7-2)10(5)16-13-8-12(15)17-14(18-13)9(3)4/h8-11H,6-7H2,1-5H3,(H3,15,16,17,18). The molecule has 0 aliphatic heterocycles. The Kier molecular flexibility index (Phi) is 5.38. The van der Waals surface area contributed by atoms with Crippen LogP contribution < -0.4 is 11.1 Å². The van der Waals surface area contributed by atoms with Gasteiger partial charge >= 0.3 is 0 Å². The molecule has 102 valence electrons. The van der Waals surface area contributed by atoms with E-state index in [9.17, 15) is 0 Å². The fraction of sp³-hybridized carbons (Fsp3) is 0.714. The third kappa shape index (κ3) is 3.86. The summed E-state index contributed by atoms with van der Waals surface area (Å²) < 4.78 is 0. The van der Waals surface area contributed by atoms with E-state index in [-0.39, 0.29) is 5.92 Å². The highest BCUT2D eigenvalue weighted by atomic mass is 15.1. The Bertz CT molecular complexity index is 372. The molecule has 0 saturated heterocycles. The van der Waals surface area contributed by atoms with Crippen molar-refractivity contribution in [3.63, 3.8) is 0 Å². The van der Waals surface area contributed by atoms with Gasteiger partial charge in [-0.25, -0.2) is 9.97 Å². The lowest BCUT2D eigenvalue weighted by molar-refractivity contribution is 0.437. The summed E-state index contributed by atoms with van der Waals surface area (Å²) in [6, 6.07) is 2.21. The molecule has 0 aliphatic rings. The number of nitrogen functional groups attached to an aromatic ring is 1. The van der Waals surface area contributed by atoms with Gasteiger partial charge in [-0.2, -0.15) is 0 Å². The fourth-order valence-corrected chi connectivity index (χ4v) is 2.16. The molecule has 4 nitrogen and oxygen atoms in total. The lowest BCUT2D eigenvalue weighted by Gasteiger charge is -2.23. The van der Waals surface area contributed by atoms with Gasteiger partial charge in [-0.3, -0.25) is 0 Å². The van der Waals surface area contributed by atoms with Gasteiger partial charge in [0.15, 0.2) is 0 Å². The molecular weight excluding hydrogens is 224 g/mol. The molecule has 0 aliphatic carbocycles. The topological polar surface area (TPSA) is 63.8 Å². The lowest BCUT2D eigenvalue weighted by atomic mass is 9.95. The summed E-state index contributed by atoms with van der Waals surface area (Å²) in [6.07, 6.45) is 2.34. The summed E-state index contributed by atoms with van der Waals surface area (Å²) >= 11 is 0. The number of aromatic nitrogens is 2. The van der Waals surface area contributed by atoms with Crippen molar-refractivity contribution < 1.29 is 0 Å². The molecule has 1 aromatic rings. The van der Waals surface area contributed by atoms with E-state index in [0.29, 0.717) is 17.8 Å². The molecule has 4 heteroatoms. The van der Waals surface area contributed by atoms with Gasteiger partial charge in [0.05, 0.1) is 0 Å². The molecule has 1 rings (SSSR count). The minimum atomic E-state index is 0.289. The monoisotopic (exact) mass is 250 g/mol. The van der Waals surface area contributed by atoms with Crippen LogP contribution in [-0.4, -0.2) is 16.0 Å². The van der Waals surface area contributed by atoms with Gasteiger partial charge in [0.1, 0.15) is 17.5 Å². The second kappa shape index (κ2) is 6.57. The SMILES string of the molecule is CCC(CC)C(C)Nc1cc(N)nc(C(C)C)n1. The van der Waals surface area contributed by atoms with Crippen LogP contribution in [0.1, 0.15) is 59.2 Å². The zero-order valence-electron chi connectivity index (χ0n) is 12.2. The molecule has 1 atom stereocenters. The van der Waals surface area contributed by atoms with Crippen LogP contribution >= 0.6 is 0 Å². The number of anilines is 2. The first-order valence-corrected chi connectivity index (χ1v) is 6.88. The molecule has 0 radical (unpaired) electrons. The van der Waals surface area contributed by atoms with E-state index in [1.807, 2.05) is 6.07 Å². The molecule has 1 heterocycles. The van der Waals surface area contributed by atoms with E-state index < -0.39 is 0 Å². The van der Waals surface area contributed by atoms with E-state index in [4.69, 9.17) is 5.73 Å². The van der Waals surface area contributed by atoms with Crippen LogP contribution in [0.15, 0.2) is 6.07 Å². The van der Waals surface area contributed by atoms with Crippen molar-refractivity contribution in [2.45, 2.75) is 59.4 Å². The first kappa shape index (κ1) is 14.7. The van der Waals surface area contributed by atoms with Crippen molar-refractivity contribution in [2.24, 2.45) is 5.92 Å². The van der Waals surface area contributed by atoms with Gasteiger partial charge < -0.3 is 11.1 Å². The molecule has 0 amide bonds. The summed E-state index contributed by atoms with van der Waals surface area (Å²) in [5.74, 6) is 3.12. The molecular formula is C14H26N4. The summed E-state index contributed by atoms with van der Waals surface area (Å²) in [5, 5.41) is 3.45. The highest BCUT2D eigenvalue weighted by Crippen LogP contribution is 2.19. The Hall–Kier alpha value is -1.32. The predicted octanol–water partition coefficient (Wildman–Crippen LogP) is 3.42. The third-order valence-electron chi connectivity index (χ3n) is 3.41. The second-order valence-corrected chi connectivity index (χ2v) is 5.20. The maximum Gasteiger partial charge on any atom is 0.135 e. The van der Waals surface area contributed by atoms with Gasteiger partial charge in [-0.05, 0) is 12.8 Å². The second-order valence-electron chi connectivity index (χ2n) is 5.20. The van der Waals surface area contributed by atoms with Crippen LogP contribution in [0, 0.1) is 5.92 Å². The molecule has 0 bridgehead atoms. The van der Waals surface area contributed by atoms with E-state index in [1.165, 1.54) is 12.8 Å². The minimum absolute atomic E-state index is 0.289. The van der Waals surface area contributed by atoms with Crippen molar-refractivity contribution in [2.75, 3.05) is 11.1 Å². The number of hydrogen-bond acceptors (Lipinski definition) is 4. The number of nitrogens with zero attached hydrogens (tertiary/aromatic N) is 2. The molecule has 0 aromatic carbocycles. The van der Waals surface area contributed by atoms with Crippen LogP contribution in [0.4, 0.5) is 11.6 Å². The van der Waals surface area contributed by atoms with Crippen LogP contribution in [0.2, 0.25) is 0 Å². The first-order chi connectivity index (χ1) is 8.47. The van der Waals surface area contributed by atoms with E-state index in [0.717, 1.165) is 11.6 Å². The molecule has 0 fully saturated rings. The van der Waals surface area contributed by atoms with Crippen molar-refractivity contribution in [3.05, 3.63) is 11.9 Å². The van der Waals surface area contributed by atoms with Gasteiger partial charge in [0.25, 0.3) is 0 Å². The largest absolute Gasteiger partial charge is 0.384 e. The quantitative estimate of drug-likeness (QED) is 0.812. The molecule has 3 N–H and O–H groups in total. The fourth-order valence-electron chi connectivity index (χ4n) is 2.16. The Morgan fingerprint density at radius 3 is 2.28 bits per heavy atom. The average molecular weight is 250 g/mol. The first-order valence-electron chi connectivity index (χ1n) is 6.88. The number of hydrogen-bond donors (Lipinski definition) is 2. The number of rotatable bonds is 6.